The number of carbonyl (C=O) groups is 1. The molecule has 0 aliphatic carbocycles. The van der Waals surface area contributed by atoms with Gasteiger partial charge in [-0.05, 0) is 66.2 Å². The highest BCUT2D eigenvalue weighted by atomic mass is 79.9. The van der Waals surface area contributed by atoms with Crippen molar-refractivity contribution in [2.24, 2.45) is 0 Å². The van der Waals surface area contributed by atoms with E-state index in [2.05, 4.69) is 36.0 Å². The van der Waals surface area contributed by atoms with E-state index >= 15 is 0 Å². The molecule has 0 saturated heterocycles. The molecular formula is C26H21BrN4O2S. The topological polar surface area (TPSA) is 69.0 Å². The molecule has 3 aromatic carbocycles. The summed E-state index contributed by atoms with van der Waals surface area (Å²) in [5, 5.41) is 14.0. The van der Waals surface area contributed by atoms with Crippen LogP contribution in [0.1, 0.15) is 28.0 Å². The molecule has 8 heteroatoms. The Hall–Kier alpha value is -3.49. The van der Waals surface area contributed by atoms with Gasteiger partial charge in [-0.15, -0.1) is 10.2 Å². The van der Waals surface area contributed by atoms with Crippen molar-refractivity contribution in [3.05, 3.63) is 93.5 Å². The molecule has 170 valence electrons. The maximum Gasteiger partial charge on any atom is 0.210 e. The number of anilines is 2. The van der Waals surface area contributed by atoms with Crippen LogP contribution in [0.15, 0.2) is 77.3 Å². The Morgan fingerprint density at radius 1 is 1.06 bits per heavy atom. The number of nitrogens with one attached hydrogen (secondary N) is 1. The number of fused-ring (bicyclic) bond motifs is 1. The summed E-state index contributed by atoms with van der Waals surface area (Å²) in [6, 6.07) is 23.8. The van der Waals surface area contributed by atoms with Crippen LogP contribution in [-0.4, -0.2) is 20.5 Å². The van der Waals surface area contributed by atoms with Crippen LogP contribution in [0.5, 0.6) is 5.75 Å². The van der Waals surface area contributed by atoms with Crippen molar-refractivity contribution in [1.29, 1.82) is 0 Å². The Morgan fingerprint density at radius 2 is 1.76 bits per heavy atom. The number of aromatic nitrogens is 3. The van der Waals surface area contributed by atoms with Crippen LogP contribution in [-0.2, 0) is 6.61 Å². The summed E-state index contributed by atoms with van der Waals surface area (Å²) < 4.78 is 9.00. The third-order valence-corrected chi connectivity index (χ3v) is 6.90. The Kier molecular flexibility index (Phi) is 6.17. The summed E-state index contributed by atoms with van der Waals surface area (Å²) in [6.45, 7) is 3.84. The second-order valence-corrected chi connectivity index (χ2v) is 9.68. The number of hydrogen-bond donors (Lipinski definition) is 1. The zero-order valence-corrected chi connectivity index (χ0v) is 21.0. The van der Waals surface area contributed by atoms with Crippen LogP contribution < -0.4 is 10.1 Å². The summed E-state index contributed by atoms with van der Waals surface area (Å²) in [7, 11) is 0. The molecule has 2 heterocycles. The van der Waals surface area contributed by atoms with Gasteiger partial charge in [-0.3, -0.25) is 4.79 Å². The lowest BCUT2D eigenvalue weighted by molar-refractivity contribution is 0.101. The van der Waals surface area contributed by atoms with Crippen LogP contribution in [0.25, 0.3) is 16.6 Å². The highest BCUT2D eigenvalue weighted by Crippen LogP contribution is 2.37. The molecule has 0 radical (unpaired) electrons. The van der Waals surface area contributed by atoms with E-state index in [0.717, 1.165) is 37.5 Å². The van der Waals surface area contributed by atoms with Crippen molar-refractivity contribution in [2.45, 2.75) is 20.5 Å². The quantitative estimate of drug-likeness (QED) is 0.227. The van der Waals surface area contributed by atoms with E-state index in [1.807, 2.05) is 79.7 Å². The number of rotatable bonds is 7. The molecule has 2 aromatic heterocycles. The Morgan fingerprint density at radius 3 is 2.47 bits per heavy atom. The van der Waals surface area contributed by atoms with E-state index in [0.29, 0.717) is 16.4 Å². The van der Waals surface area contributed by atoms with E-state index in [9.17, 15) is 4.79 Å². The molecule has 0 saturated carbocycles. The van der Waals surface area contributed by atoms with E-state index < -0.39 is 0 Å². The second kappa shape index (κ2) is 9.40. The maximum absolute atomic E-state index is 12.6. The molecule has 0 atom stereocenters. The van der Waals surface area contributed by atoms with E-state index in [1.165, 1.54) is 11.3 Å². The van der Waals surface area contributed by atoms with Gasteiger partial charge in [-0.25, -0.2) is 0 Å². The van der Waals surface area contributed by atoms with Crippen LogP contribution in [0, 0.1) is 6.92 Å². The molecule has 0 fully saturated rings. The molecule has 34 heavy (non-hydrogen) atoms. The monoisotopic (exact) mass is 532 g/mol. The molecule has 0 aliphatic heterocycles. The summed E-state index contributed by atoms with van der Waals surface area (Å²) in [5.41, 5.74) is 4.50. The molecule has 6 nitrogen and oxygen atoms in total. The summed E-state index contributed by atoms with van der Waals surface area (Å²) in [5.74, 6) is 0.666. The Balaban J connectivity index is 1.44. The van der Waals surface area contributed by atoms with Crippen molar-refractivity contribution >= 4 is 54.8 Å². The van der Waals surface area contributed by atoms with Gasteiger partial charge >= 0.3 is 0 Å². The molecule has 0 spiro atoms. The molecule has 5 aromatic rings. The molecule has 1 N–H and O–H groups in total. The second-order valence-electron chi connectivity index (χ2n) is 7.77. The lowest BCUT2D eigenvalue weighted by Crippen LogP contribution is -1.99. The van der Waals surface area contributed by atoms with Gasteiger partial charge in [0, 0.05) is 28.0 Å². The zero-order valence-electron chi connectivity index (χ0n) is 18.6. The van der Waals surface area contributed by atoms with Crippen molar-refractivity contribution in [2.75, 3.05) is 5.32 Å². The number of carbonyl (C=O) groups excluding carboxylic acids is 1. The van der Waals surface area contributed by atoms with Crippen molar-refractivity contribution < 1.29 is 9.53 Å². The smallest absolute Gasteiger partial charge is 0.210 e. The Labute approximate surface area is 209 Å². The van der Waals surface area contributed by atoms with Crippen molar-refractivity contribution in [3.8, 4) is 11.4 Å². The number of ketones is 1. The van der Waals surface area contributed by atoms with Gasteiger partial charge in [0.2, 0.25) is 5.13 Å². The van der Waals surface area contributed by atoms with Gasteiger partial charge < -0.3 is 14.6 Å². The van der Waals surface area contributed by atoms with E-state index in [4.69, 9.17) is 4.74 Å². The first-order chi connectivity index (χ1) is 16.5. The van der Waals surface area contributed by atoms with Gasteiger partial charge in [-0.1, -0.05) is 47.7 Å². The van der Waals surface area contributed by atoms with E-state index in [1.54, 1.807) is 6.92 Å². The van der Waals surface area contributed by atoms with Crippen molar-refractivity contribution in [3.63, 3.8) is 0 Å². The molecule has 0 unspecified atom stereocenters. The number of halogens is 1. The average molecular weight is 533 g/mol. The molecule has 0 amide bonds. The minimum atomic E-state index is 0.0196. The van der Waals surface area contributed by atoms with Crippen LogP contribution >= 0.6 is 27.3 Å². The molecular weight excluding hydrogens is 512 g/mol. The van der Waals surface area contributed by atoms with Crippen LogP contribution in [0.4, 0.5) is 10.8 Å². The summed E-state index contributed by atoms with van der Waals surface area (Å²) >= 11 is 5.09. The number of benzene rings is 3. The SMILES string of the molecule is CC(=O)c1c(C)n(-c2ccccc2)c2cc(Br)c(OCc3nnc(Nc4ccccc4)s3)cc12. The van der Waals surface area contributed by atoms with Gasteiger partial charge in [0.15, 0.2) is 10.8 Å². The highest BCUT2D eigenvalue weighted by molar-refractivity contribution is 9.10. The Bertz CT molecular complexity index is 1480. The lowest BCUT2D eigenvalue weighted by atomic mass is 10.1. The normalized spacial score (nSPS) is 11.0. The third-order valence-electron chi connectivity index (χ3n) is 5.47. The predicted molar refractivity (Wildman–Crippen MR) is 140 cm³/mol. The van der Waals surface area contributed by atoms with E-state index in [-0.39, 0.29) is 12.4 Å². The zero-order chi connectivity index (χ0) is 23.7. The van der Waals surface area contributed by atoms with Gasteiger partial charge in [0.05, 0.1) is 9.99 Å². The first-order valence-corrected chi connectivity index (χ1v) is 12.3. The van der Waals surface area contributed by atoms with Gasteiger partial charge in [-0.2, -0.15) is 0 Å². The predicted octanol–water partition coefficient (Wildman–Crippen LogP) is 7.08. The number of nitrogens with zero attached hydrogens (tertiary/aromatic N) is 3. The highest BCUT2D eigenvalue weighted by Gasteiger charge is 2.20. The van der Waals surface area contributed by atoms with Crippen LogP contribution in [0.2, 0.25) is 0 Å². The molecule has 5 rings (SSSR count). The molecule has 0 bridgehead atoms. The third kappa shape index (κ3) is 4.34. The largest absolute Gasteiger partial charge is 0.485 e. The number of para-hydroxylation sites is 2. The van der Waals surface area contributed by atoms with Crippen molar-refractivity contribution in [1.82, 2.24) is 14.8 Å². The standard InChI is InChI=1S/C26H21BrN4O2S/c1-16-25(17(2)32)20-13-23(21(27)14-22(20)31(16)19-11-7-4-8-12-19)33-15-24-29-30-26(34-24)28-18-9-5-3-6-10-18/h3-14H,15H2,1-2H3,(H,28,30). The molecule has 0 aliphatic rings. The minimum absolute atomic E-state index is 0.0196. The number of Topliss-reactive ketones (excluding diaryl/α,β-unsaturated/α-hetero) is 1. The maximum atomic E-state index is 12.6. The average Bonchev–Trinajstić information content (AvgIpc) is 3.39. The first-order valence-electron chi connectivity index (χ1n) is 10.7. The fourth-order valence-electron chi connectivity index (χ4n) is 4.03. The van der Waals surface area contributed by atoms with Gasteiger partial charge in [0.25, 0.3) is 0 Å². The number of hydrogen-bond acceptors (Lipinski definition) is 6. The minimum Gasteiger partial charge on any atom is -0.485 e. The summed E-state index contributed by atoms with van der Waals surface area (Å²) in [6.07, 6.45) is 0. The lowest BCUT2D eigenvalue weighted by Gasteiger charge is -2.10. The fourth-order valence-corrected chi connectivity index (χ4v) is 5.15. The van der Waals surface area contributed by atoms with Gasteiger partial charge in [0.1, 0.15) is 12.4 Å². The summed E-state index contributed by atoms with van der Waals surface area (Å²) in [4.78, 5) is 12.6. The fraction of sp³-hybridized carbons (Fsp3) is 0.115. The van der Waals surface area contributed by atoms with Crippen LogP contribution in [0.3, 0.4) is 0 Å². The first kappa shape index (κ1) is 22.3. The number of ether oxygens (including phenoxy) is 1.